The van der Waals surface area contributed by atoms with Crippen LogP contribution >= 0.6 is 0 Å². The Morgan fingerprint density at radius 2 is 1.79 bits per heavy atom. The zero-order chi connectivity index (χ0) is 23.3. The van der Waals surface area contributed by atoms with Gasteiger partial charge < -0.3 is 19.1 Å². The van der Waals surface area contributed by atoms with Crippen LogP contribution in [-0.4, -0.2) is 78.2 Å². The second-order valence-electron chi connectivity index (χ2n) is 8.73. The van der Waals surface area contributed by atoms with Crippen molar-refractivity contribution in [2.75, 3.05) is 51.9 Å². The number of piperazine rings is 1. The number of tetrazole rings is 1. The van der Waals surface area contributed by atoms with E-state index in [1.165, 1.54) is 5.69 Å². The van der Waals surface area contributed by atoms with E-state index in [2.05, 4.69) is 61.7 Å². The molecule has 2 atom stereocenters. The van der Waals surface area contributed by atoms with E-state index < -0.39 is 0 Å². The van der Waals surface area contributed by atoms with Gasteiger partial charge in [0.1, 0.15) is 0 Å². The number of hydrogen-bond acceptors (Lipinski definition) is 8. The molecule has 2 fully saturated rings. The number of benzene rings is 2. The fourth-order valence-corrected chi connectivity index (χ4v) is 4.94. The van der Waals surface area contributed by atoms with Crippen molar-refractivity contribution in [1.29, 1.82) is 0 Å². The molecule has 1 aromatic heterocycles. The van der Waals surface area contributed by atoms with Crippen LogP contribution in [0.15, 0.2) is 48.5 Å². The van der Waals surface area contributed by atoms with Gasteiger partial charge in [0.2, 0.25) is 0 Å². The Hall–Kier alpha value is -3.17. The molecule has 2 saturated heterocycles. The van der Waals surface area contributed by atoms with E-state index in [4.69, 9.17) is 14.2 Å². The molecule has 180 valence electrons. The number of ether oxygens (including phenoxy) is 3. The molecule has 0 amide bonds. The molecular weight excluding hydrogens is 432 g/mol. The van der Waals surface area contributed by atoms with E-state index in [9.17, 15) is 0 Å². The van der Waals surface area contributed by atoms with Crippen LogP contribution in [0.5, 0.6) is 11.5 Å². The van der Waals surface area contributed by atoms with Gasteiger partial charge in [-0.15, -0.1) is 5.10 Å². The average molecular weight is 465 g/mol. The van der Waals surface area contributed by atoms with Crippen molar-refractivity contribution in [3.63, 3.8) is 0 Å². The quantitative estimate of drug-likeness (QED) is 0.504. The summed E-state index contributed by atoms with van der Waals surface area (Å²) in [7, 11) is 3.32. The zero-order valence-corrected chi connectivity index (χ0v) is 19.8. The monoisotopic (exact) mass is 464 g/mol. The Balaban J connectivity index is 1.44. The number of methoxy groups -OCH3 is 2. The minimum Gasteiger partial charge on any atom is -0.493 e. The van der Waals surface area contributed by atoms with E-state index in [1.54, 1.807) is 14.2 Å². The van der Waals surface area contributed by atoms with Crippen LogP contribution in [0.2, 0.25) is 0 Å². The third-order valence-electron chi connectivity index (χ3n) is 6.73. The van der Waals surface area contributed by atoms with Crippen molar-refractivity contribution < 1.29 is 14.2 Å². The number of anilines is 1. The standard InChI is InChI=1S/C25H32N6O3/c1-32-22-11-10-19(17-23(22)33-2)24(25-26-27-28-31(25)18-21-9-6-16-34-21)30-14-12-29(13-15-30)20-7-4-3-5-8-20/h3-5,7-8,10-11,17,21,24H,6,9,12-16,18H2,1-2H3/t21-,24-/m0/s1. The van der Waals surface area contributed by atoms with Gasteiger partial charge in [-0.05, 0) is 53.1 Å². The Morgan fingerprint density at radius 3 is 2.50 bits per heavy atom. The molecule has 9 heteroatoms. The van der Waals surface area contributed by atoms with E-state index in [0.29, 0.717) is 18.0 Å². The molecule has 0 bridgehead atoms. The summed E-state index contributed by atoms with van der Waals surface area (Å²) in [6, 6.07) is 16.6. The molecule has 2 aliphatic heterocycles. The van der Waals surface area contributed by atoms with Gasteiger partial charge in [-0.3, -0.25) is 4.90 Å². The van der Waals surface area contributed by atoms with Gasteiger partial charge in [-0.25, -0.2) is 4.68 Å². The third-order valence-corrected chi connectivity index (χ3v) is 6.73. The third kappa shape index (κ3) is 4.71. The van der Waals surface area contributed by atoms with Gasteiger partial charge in [-0.2, -0.15) is 0 Å². The van der Waals surface area contributed by atoms with Crippen molar-refractivity contribution in [3.05, 3.63) is 59.9 Å². The van der Waals surface area contributed by atoms with Crippen molar-refractivity contribution in [2.24, 2.45) is 0 Å². The molecule has 34 heavy (non-hydrogen) atoms. The molecular formula is C25H32N6O3. The topological polar surface area (TPSA) is 77.8 Å². The summed E-state index contributed by atoms with van der Waals surface area (Å²) in [5.74, 6) is 2.24. The van der Waals surface area contributed by atoms with Crippen molar-refractivity contribution >= 4 is 5.69 Å². The maximum atomic E-state index is 5.87. The molecule has 0 saturated carbocycles. The van der Waals surface area contributed by atoms with Gasteiger partial charge >= 0.3 is 0 Å². The lowest BCUT2D eigenvalue weighted by Gasteiger charge is -2.40. The number of hydrogen-bond donors (Lipinski definition) is 0. The summed E-state index contributed by atoms with van der Waals surface area (Å²) in [6.07, 6.45) is 2.28. The van der Waals surface area contributed by atoms with E-state index in [-0.39, 0.29) is 12.1 Å². The lowest BCUT2D eigenvalue weighted by molar-refractivity contribution is 0.0906. The normalized spacial score (nSPS) is 19.8. The molecule has 2 aliphatic rings. The first-order valence-corrected chi connectivity index (χ1v) is 11.9. The minimum absolute atomic E-state index is 0.103. The smallest absolute Gasteiger partial charge is 0.173 e. The molecule has 3 heterocycles. The van der Waals surface area contributed by atoms with Crippen LogP contribution in [0.25, 0.3) is 0 Å². The number of nitrogens with zero attached hydrogens (tertiary/aromatic N) is 6. The molecule has 0 spiro atoms. The van der Waals surface area contributed by atoms with Gasteiger partial charge in [0, 0.05) is 38.5 Å². The highest BCUT2D eigenvalue weighted by Gasteiger charge is 2.32. The summed E-state index contributed by atoms with van der Waals surface area (Å²) < 4.78 is 18.9. The Kier molecular flexibility index (Phi) is 6.92. The zero-order valence-electron chi connectivity index (χ0n) is 19.8. The van der Waals surface area contributed by atoms with Crippen LogP contribution in [-0.2, 0) is 11.3 Å². The molecule has 0 unspecified atom stereocenters. The Morgan fingerprint density at radius 1 is 1.00 bits per heavy atom. The first-order chi connectivity index (χ1) is 16.8. The highest BCUT2D eigenvalue weighted by molar-refractivity contribution is 5.47. The Bertz CT molecular complexity index is 1060. The maximum Gasteiger partial charge on any atom is 0.173 e. The molecule has 5 rings (SSSR count). The second-order valence-corrected chi connectivity index (χ2v) is 8.73. The highest BCUT2D eigenvalue weighted by Crippen LogP contribution is 2.35. The number of rotatable bonds is 8. The Labute approximate surface area is 200 Å². The van der Waals surface area contributed by atoms with Gasteiger partial charge in [0.15, 0.2) is 17.3 Å². The predicted octanol–water partition coefficient (Wildman–Crippen LogP) is 2.78. The molecule has 0 aliphatic carbocycles. The summed E-state index contributed by atoms with van der Waals surface area (Å²) in [4.78, 5) is 4.88. The summed E-state index contributed by atoms with van der Waals surface area (Å²) in [5.41, 5.74) is 2.34. The summed E-state index contributed by atoms with van der Waals surface area (Å²) in [6.45, 7) is 5.11. The molecule has 3 aromatic rings. The first-order valence-electron chi connectivity index (χ1n) is 11.9. The summed E-state index contributed by atoms with van der Waals surface area (Å²) >= 11 is 0. The van der Waals surface area contributed by atoms with Gasteiger partial charge in [0.05, 0.1) is 32.9 Å². The SMILES string of the molecule is COc1ccc([C@@H](c2nnnn2C[C@@H]2CCCO2)N2CCN(c3ccccc3)CC2)cc1OC. The van der Waals surface area contributed by atoms with Crippen LogP contribution < -0.4 is 14.4 Å². The number of aromatic nitrogens is 4. The van der Waals surface area contributed by atoms with Crippen LogP contribution in [0, 0.1) is 0 Å². The molecule has 2 aromatic carbocycles. The molecule has 0 N–H and O–H groups in total. The van der Waals surface area contributed by atoms with Gasteiger partial charge in [-0.1, -0.05) is 24.3 Å². The lowest BCUT2D eigenvalue weighted by atomic mass is 10.0. The van der Waals surface area contributed by atoms with Crippen molar-refractivity contribution in [2.45, 2.75) is 31.5 Å². The van der Waals surface area contributed by atoms with E-state index >= 15 is 0 Å². The predicted molar refractivity (Wildman–Crippen MR) is 128 cm³/mol. The average Bonchev–Trinajstić information content (AvgIpc) is 3.58. The largest absolute Gasteiger partial charge is 0.493 e. The second kappa shape index (κ2) is 10.4. The van der Waals surface area contributed by atoms with Crippen molar-refractivity contribution in [3.8, 4) is 11.5 Å². The van der Waals surface area contributed by atoms with Gasteiger partial charge in [0.25, 0.3) is 0 Å². The van der Waals surface area contributed by atoms with Crippen molar-refractivity contribution in [1.82, 2.24) is 25.1 Å². The molecule has 0 radical (unpaired) electrons. The van der Waals surface area contributed by atoms with Crippen LogP contribution in [0.3, 0.4) is 0 Å². The minimum atomic E-state index is -0.103. The fraction of sp³-hybridized carbons (Fsp3) is 0.480. The number of para-hydroxylation sites is 1. The summed E-state index contributed by atoms with van der Waals surface area (Å²) in [5, 5.41) is 12.9. The highest BCUT2D eigenvalue weighted by atomic mass is 16.5. The maximum absolute atomic E-state index is 5.87. The van der Waals surface area contributed by atoms with E-state index in [0.717, 1.165) is 57.0 Å². The van der Waals surface area contributed by atoms with E-state index in [1.807, 2.05) is 16.8 Å². The van der Waals surface area contributed by atoms with Crippen LogP contribution in [0.1, 0.15) is 30.3 Å². The van der Waals surface area contributed by atoms with Crippen LogP contribution in [0.4, 0.5) is 5.69 Å². The fourth-order valence-electron chi connectivity index (χ4n) is 4.94. The molecule has 9 nitrogen and oxygen atoms in total. The lowest BCUT2D eigenvalue weighted by Crippen LogP contribution is -2.48. The first kappa shape index (κ1) is 22.6.